The molecule has 0 radical (unpaired) electrons. The van der Waals surface area contributed by atoms with Gasteiger partial charge in [-0.05, 0) is 23.3 Å². The van der Waals surface area contributed by atoms with Crippen LogP contribution in [0.5, 0.6) is 0 Å². The lowest BCUT2D eigenvalue weighted by Gasteiger charge is -2.13. The predicted molar refractivity (Wildman–Crippen MR) is 35.7 cm³/mol. The SMILES string of the molecule is FC1CCCC(F)(F)n2nnnc21. The molecule has 0 bridgehead atoms. The Morgan fingerprint density at radius 2 is 2.23 bits per heavy atom. The van der Waals surface area contributed by atoms with Gasteiger partial charge in [0.05, 0.1) is 0 Å². The summed E-state index contributed by atoms with van der Waals surface area (Å²) in [5.74, 6) is -0.373. The molecule has 1 aliphatic heterocycles. The van der Waals surface area contributed by atoms with Gasteiger partial charge in [-0.3, -0.25) is 0 Å². The van der Waals surface area contributed by atoms with Gasteiger partial charge in [-0.15, -0.1) is 5.10 Å². The van der Waals surface area contributed by atoms with Gasteiger partial charge in [0.25, 0.3) is 0 Å². The molecule has 1 aromatic rings. The normalized spacial score (nSPS) is 26.5. The fourth-order valence-corrected chi connectivity index (χ4v) is 1.35. The van der Waals surface area contributed by atoms with E-state index in [0.717, 1.165) is 0 Å². The Hall–Kier alpha value is -1.14. The maximum Gasteiger partial charge on any atom is 0.346 e. The quantitative estimate of drug-likeness (QED) is 0.624. The van der Waals surface area contributed by atoms with Crippen LogP contribution in [0.25, 0.3) is 0 Å². The van der Waals surface area contributed by atoms with Gasteiger partial charge < -0.3 is 0 Å². The Bertz CT molecular complexity index is 311. The number of tetrazole rings is 1. The summed E-state index contributed by atoms with van der Waals surface area (Å²) in [5, 5.41) is 9.36. The van der Waals surface area contributed by atoms with Crippen molar-refractivity contribution in [2.75, 3.05) is 0 Å². The van der Waals surface area contributed by atoms with Crippen molar-refractivity contribution in [1.29, 1.82) is 0 Å². The number of halogens is 3. The van der Waals surface area contributed by atoms with Crippen LogP contribution in [-0.4, -0.2) is 20.2 Å². The van der Waals surface area contributed by atoms with Crippen LogP contribution in [-0.2, 0) is 6.05 Å². The standard InChI is InChI=1S/C6H7F3N4/c7-4-2-1-3-6(8,9)13-5(4)10-11-12-13/h4H,1-3H2. The Balaban J connectivity index is 2.47. The molecule has 0 saturated carbocycles. The first-order valence-electron chi connectivity index (χ1n) is 3.92. The zero-order valence-corrected chi connectivity index (χ0v) is 6.62. The lowest BCUT2D eigenvalue weighted by molar-refractivity contribution is -0.101. The van der Waals surface area contributed by atoms with E-state index in [1.807, 2.05) is 0 Å². The van der Waals surface area contributed by atoms with Crippen molar-refractivity contribution in [2.45, 2.75) is 31.5 Å². The van der Waals surface area contributed by atoms with Crippen molar-refractivity contribution in [3.63, 3.8) is 0 Å². The molecular weight excluding hydrogens is 185 g/mol. The Morgan fingerprint density at radius 3 is 3.00 bits per heavy atom. The van der Waals surface area contributed by atoms with E-state index in [1.54, 1.807) is 0 Å². The summed E-state index contributed by atoms with van der Waals surface area (Å²) in [4.78, 5) is 0. The molecule has 0 aliphatic carbocycles. The van der Waals surface area contributed by atoms with Gasteiger partial charge in [0, 0.05) is 6.42 Å². The molecule has 72 valence electrons. The first kappa shape index (κ1) is 8.46. The third-order valence-electron chi connectivity index (χ3n) is 2.02. The topological polar surface area (TPSA) is 43.6 Å². The van der Waals surface area contributed by atoms with E-state index in [0.29, 0.717) is 0 Å². The molecule has 0 spiro atoms. The zero-order valence-electron chi connectivity index (χ0n) is 6.62. The van der Waals surface area contributed by atoms with Gasteiger partial charge in [0.1, 0.15) is 0 Å². The average molecular weight is 192 g/mol. The molecular formula is C6H7F3N4. The van der Waals surface area contributed by atoms with Gasteiger partial charge >= 0.3 is 6.05 Å². The largest absolute Gasteiger partial charge is 0.346 e. The molecule has 1 atom stereocenters. The highest BCUT2D eigenvalue weighted by atomic mass is 19.3. The first-order valence-corrected chi connectivity index (χ1v) is 3.92. The first-order chi connectivity index (χ1) is 6.11. The molecule has 1 unspecified atom stereocenters. The lowest BCUT2D eigenvalue weighted by Crippen LogP contribution is -2.25. The van der Waals surface area contributed by atoms with E-state index in [4.69, 9.17) is 0 Å². The summed E-state index contributed by atoms with van der Waals surface area (Å²) in [7, 11) is 0. The minimum absolute atomic E-state index is 0.0516. The molecule has 0 saturated heterocycles. The van der Waals surface area contributed by atoms with Gasteiger partial charge in [0.15, 0.2) is 12.0 Å². The molecule has 4 nitrogen and oxygen atoms in total. The van der Waals surface area contributed by atoms with Crippen molar-refractivity contribution in [3.05, 3.63) is 5.82 Å². The number of alkyl halides is 3. The molecule has 13 heavy (non-hydrogen) atoms. The van der Waals surface area contributed by atoms with Crippen LogP contribution in [0.4, 0.5) is 13.2 Å². The van der Waals surface area contributed by atoms with Gasteiger partial charge in [-0.25, -0.2) is 4.39 Å². The molecule has 7 heteroatoms. The highest BCUT2D eigenvalue weighted by Gasteiger charge is 2.40. The van der Waals surface area contributed by atoms with Crippen LogP contribution in [0.3, 0.4) is 0 Å². The van der Waals surface area contributed by atoms with Crippen LogP contribution in [0.2, 0.25) is 0 Å². The fraction of sp³-hybridized carbons (Fsp3) is 0.833. The summed E-state index contributed by atoms with van der Waals surface area (Å²) >= 11 is 0. The average Bonchev–Trinajstić information content (AvgIpc) is 2.48. The van der Waals surface area contributed by atoms with E-state index in [9.17, 15) is 13.2 Å². The van der Waals surface area contributed by atoms with E-state index >= 15 is 0 Å². The summed E-state index contributed by atoms with van der Waals surface area (Å²) in [6.45, 7) is 0. The van der Waals surface area contributed by atoms with Crippen molar-refractivity contribution < 1.29 is 13.2 Å². The number of hydrogen-bond donors (Lipinski definition) is 0. The number of nitrogens with zero attached hydrogens (tertiary/aromatic N) is 4. The van der Waals surface area contributed by atoms with Gasteiger partial charge in [-0.1, -0.05) is 0 Å². The number of fused-ring (bicyclic) bond motifs is 1. The van der Waals surface area contributed by atoms with E-state index in [1.165, 1.54) is 0 Å². The Morgan fingerprint density at radius 1 is 1.46 bits per heavy atom. The number of hydrogen-bond acceptors (Lipinski definition) is 3. The highest BCUT2D eigenvalue weighted by molar-refractivity contribution is 4.92. The molecule has 0 N–H and O–H groups in total. The van der Waals surface area contributed by atoms with Gasteiger partial charge in [0.2, 0.25) is 0 Å². The second-order valence-electron chi connectivity index (χ2n) is 2.97. The summed E-state index contributed by atoms with van der Waals surface area (Å²) in [6, 6.07) is -3.15. The molecule has 2 rings (SSSR count). The molecule has 0 amide bonds. The van der Waals surface area contributed by atoms with Crippen LogP contribution >= 0.6 is 0 Å². The lowest BCUT2D eigenvalue weighted by atomic mass is 10.2. The summed E-state index contributed by atoms with van der Waals surface area (Å²) < 4.78 is 39.6. The van der Waals surface area contributed by atoms with E-state index in [2.05, 4.69) is 15.5 Å². The molecule has 0 fully saturated rings. The summed E-state index contributed by atoms with van der Waals surface area (Å²) in [6.07, 6.45) is -1.72. The van der Waals surface area contributed by atoms with E-state index < -0.39 is 18.6 Å². The molecule has 1 aromatic heterocycles. The predicted octanol–water partition coefficient (Wildman–Crippen LogP) is 1.42. The van der Waals surface area contributed by atoms with Crippen molar-refractivity contribution in [2.24, 2.45) is 0 Å². The third-order valence-corrected chi connectivity index (χ3v) is 2.02. The van der Waals surface area contributed by atoms with Gasteiger partial charge in [-0.2, -0.15) is 13.5 Å². The molecule has 1 aliphatic rings. The van der Waals surface area contributed by atoms with E-state index in [-0.39, 0.29) is 23.3 Å². The fourth-order valence-electron chi connectivity index (χ4n) is 1.35. The second kappa shape index (κ2) is 2.68. The molecule has 2 heterocycles. The van der Waals surface area contributed by atoms with Crippen molar-refractivity contribution in [3.8, 4) is 0 Å². The van der Waals surface area contributed by atoms with Crippen LogP contribution in [0, 0.1) is 0 Å². The zero-order chi connectivity index (χ0) is 9.47. The van der Waals surface area contributed by atoms with Crippen molar-refractivity contribution >= 4 is 0 Å². The maximum absolute atomic E-state index is 13.1. The molecule has 0 aromatic carbocycles. The monoisotopic (exact) mass is 192 g/mol. The Kier molecular flexibility index (Phi) is 1.74. The van der Waals surface area contributed by atoms with Crippen LogP contribution in [0.1, 0.15) is 31.3 Å². The Labute approximate surface area is 71.7 Å². The van der Waals surface area contributed by atoms with Crippen LogP contribution < -0.4 is 0 Å². The summed E-state index contributed by atoms with van der Waals surface area (Å²) in [5.41, 5.74) is 0. The maximum atomic E-state index is 13.1. The number of rotatable bonds is 0. The third kappa shape index (κ3) is 1.27. The second-order valence-corrected chi connectivity index (χ2v) is 2.97. The smallest absolute Gasteiger partial charge is 0.239 e. The van der Waals surface area contributed by atoms with Crippen molar-refractivity contribution in [1.82, 2.24) is 20.2 Å². The van der Waals surface area contributed by atoms with Crippen LogP contribution in [0.15, 0.2) is 0 Å². The minimum Gasteiger partial charge on any atom is -0.239 e. The number of aromatic nitrogens is 4. The highest BCUT2D eigenvalue weighted by Crippen LogP contribution is 2.35. The minimum atomic E-state index is -3.15.